The third kappa shape index (κ3) is 2.46. The Balaban J connectivity index is 2.30. The lowest BCUT2D eigenvalue weighted by Gasteiger charge is -2.27. The van der Waals surface area contributed by atoms with E-state index in [0.29, 0.717) is 0 Å². The molecule has 0 aromatic heterocycles. The molecule has 1 aliphatic rings. The SMILES string of the molecule is CNCCN1CCCC1C(C)C. The fourth-order valence-corrected chi connectivity index (χ4v) is 2.14. The van der Waals surface area contributed by atoms with Crippen molar-refractivity contribution < 1.29 is 0 Å². The van der Waals surface area contributed by atoms with Crippen molar-refractivity contribution in [3.8, 4) is 0 Å². The van der Waals surface area contributed by atoms with E-state index >= 15 is 0 Å². The van der Waals surface area contributed by atoms with Crippen LogP contribution < -0.4 is 5.32 Å². The smallest absolute Gasteiger partial charge is 0.0119 e. The van der Waals surface area contributed by atoms with E-state index in [9.17, 15) is 0 Å². The first-order valence-electron chi connectivity index (χ1n) is 5.14. The summed E-state index contributed by atoms with van der Waals surface area (Å²) in [5.74, 6) is 0.823. The molecule has 1 aliphatic heterocycles. The van der Waals surface area contributed by atoms with Gasteiger partial charge in [0.2, 0.25) is 0 Å². The van der Waals surface area contributed by atoms with E-state index in [0.717, 1.165) is 18.5 Å². The lowest BCUT2D eigenvalue weighted by Crippen LogP contribution is -2.37. The normalized spacial score (nSPS) is 25.5. The van der Waals surface area contributed by atoms with Crippen molar-refractivity contribution in [2.45, 2.75) is 32.7 Å². The summed E-state index contributed by atoms with van der Waals surface area (Å²) in [6, 6.07) is 0.846. The highest BCUT2D eigenvalue weighted by atomic mass is 15.2. The van der Waals surface area contributed by atoms with Crippen LogP contribution in [0, 0.1) is 5.92 Å². The van der Waals surface area contributed by atoms with Gasteiger partial charge in [-0.05, 0) is 32.4 Å². The topological polar surface area (TPSA) is 15.3 Å². The minimum atomic E-state index is 0.823. The number of nitrogens with one attached hydrogen (secondary N) is 1. The van der Waals surface area contributed by atoms with Gasteiger partial charge in [0.15, 0.2) is 0 Å². The Hall–Kier alpha value is -0.0800. The van der Waals surface area contributed by atoms with Gasteiger partial charge in [0.05, 0.1) is 0 Å². The largest absolute Gasteiger partial charge is 0.318 e. The Morgan fingerprint density at radius 2 is 2.25 bits per heavy atom. The monoisotopic (exact) mass is 170 g/mol. The molecule has 1 N–H and O–H groups in total. The standard InChI is InChI=1S/C10H22N2/c1-9(2)10-5-4-7-12(10)8-6-11-3/h9-11H,4-8H2,1-3H3. The van der Waals surface area contributed by atoms with Gasteiger partial charge in [0.1, 0.15) is 0 Å². The van der Waals surface area contributed by atoms with Gasteiger partial charge in [0.25, 0.3) is 0 Å². The molecular weight excluding hydrogens is 148 g/mol. The third-order valence-electron chi connectivity index (χ3n) is 2.83. The van der Waals surface area contributed by atoms with Crippen LogP contribution in [0.1, 0.15) is 26.7 Å². The Labute approximate surface area is 76.3 Å². The Bertz CT molecular complexity index is 123. The first kappa shape index (κ1) is 10.0. The quantitative estimate of drug-likeness (QED) is 0.684. The minimum Gasteiger partial charge on any atom is -0.318 e. The second-order valence-electron chi connectivity index (χ2n) is 4.09. The van der Waals surface area contributed by atoms with Gasteiger partial charge in [-0.1, -0.05) is 13.8 Å². The van der Waals surface area contributed by atoms with Crippen molar-refractivity contribution in [2.75, 3.05) is 26.7 Å². The van der Waals surface area contributed by atoms with Gasteiger partial charge in [0, 0.05) is 19.1 Å². The van der Waals surface area contributed by atoms with Gasteiger partial charge in [-0.25, -0.2) is 0 Å². The predicted molar refractivity (Wildman–Crippen MR) is 53.4 cm³/mol. The van der Waals surface area contributed by atoms with E-state index in [1.165, 1.54) is 25.9 Å². The van der Waals surface area contributed by atoms with E-state index in [1.807, 2.05) is 7.05 Å². The van der Waals surface area contributed by atoms with Gasteiger partial charge in [-0.3, -0.25) is 4.90 Å². The fourth-order valence-electron chi connectivity index (χ4n) is 2.14. The second-order valence-corrected chi connectivity index (χ2v) is 4.09. The number of hydrogen-bond acceptors (Lipinski definition) is 2. The molecule has 1 fully saturated rings. The number of likely N-dealkylation sites (N-methyl/N-ethyl adjacent to an activating group) is 1. The molecule has 0 aliphatic carbocycles. The molecule has 72 valence electrons. The summed E-state index contributed by atoms with van der Waals surface area (Å²) in [4.78, 5) is 2.63. The summed E-state index contributed by atoms with van der Waals surface area (Å²) in [5, 5.41) is 3.21. The summed E-state index contributed by atoms with van der Waals surface area (Å²) >= 11 is 0. The zero-order valence-electron chi connectivity index (χ0n) is 8.64. The van der Waals surface area contributed by atoms with Gasteiger partial charge >= 0.3 is 0 Å². The van der Waals surface area contributed by atoms with Crippen LogP contribution in [-0.2, 0) is 0 Å². The summed E-state index contributed by atoms with van der Waals surface area (Å²) in [6.07, 6.45) is 2.80. The van der Waals surface area contributed by atoms with E-state index in [4.69, 9.17) is 0 Å². The van der Waals surface area contributed by atoms with Crippen LogP contribution in [0.2, 0.25) is 0 Å². The van der Waals surface area contributed by atoms with E-state index in [-0.39, 0.29) is 0 Å². The fraction of sp³-hybridized carbons (Fsp3) is 1.00. The average Bonchev–Trinajstić information content (AvgIpc) is 2.48. The Kier molecular flexibility index (Phi) is 4.02. The molecule has 1 rings (SSSR count). The van der Waals surface area contributed by atoms with Crippen molar-refractivity contribution in [1.29, 1.82) is 0 Å². The maximum Gasteiger partial charge on any atom is 0.0119 e. The van der Waals surface area contributed by atoms with Crippen LogP contribution in [0.5, 0.6) is 0 Å². The predicted octanol–water partition coefficient (Wildman–Crippen LogP) is 1.33. The summed E-state index contributed by atoms with van der Waals surface area (Å²) in [7, 11) is 2.03. The van der Waals surface area contributed by atoms with E-state index in [2.05, 4.69) is 24.1 Å². The molecule has 1 saturated heterocycles. The summed E-state index contributed by atoms with van der Waals surface area (Å²) in [6.45, 7) is 8.33. The molecule has 0 radical (unpaired) electrons. The summed E-state index contributed by atoms with van der Waals surface area (Å²) < 4.78 is 0. The molecule has 0 aromatic rings. The molecule has 2 nitrogen and oxygen atoms in total. The van der Waals surface area contributed by atoms with Gasteiger partial charge in [-0.2, -0.15) is 0 Å². The van der Waals surface area contributed by atoms with Crippen molar-refractivity contribution >= 4 is 0 Å². The van der Waals surface area contributed by atoms with Crippen LogP contribution in [0.3, 0.4) is 0 Å². The van der Waals surface area contributed by atoms with Crippen molar-refractivity contribution in [2.24, 2.45) is 5.92 Å². The number of nitrogens with zero attached hydrogens (tertiary/aromatic N) is 1. The van der Waals surface area contributed by atoms with Crippen molar-refractivity contribution in [1.82, 2.24) is 10.2 Å². The average molecular weight is 170 g/mol. The van der Waals surface area contributed by atoms with Crippen molar-refractivity contribution in [3.63, 3.8) is 0 Å². The molecule has 1 atom stereocenters. The maximum atomic E-state index is 3.21. The van der Waals surface area contributed by atoms with Crippen LogP contribution in [-0.4, -0.2) is 37.6 Å². The number of hydrogen-bond donors (Lipinski definition) is 1. The second kappa shape index (κ2) is 4.83. The van der Waals surface area contributed by atoms with E-state index < -0.39 is 0 Å². The zero-order chi connectivity index (χ0) is 8.97. The van der Waals surface area contributed by atoms with Gasteiger partial charge in [-0.15, -0.1) is 0 Å². The first-order valence-corrected chi connectivity index (χ1v) is 5.14. The Morgan fingerprint density at radius 1 is 1.50 bits per heavy atom. The van der Waals surface area contributed by atoms with E-state index in [1.54, 1.807) is 0 Å². The maximum absolute atomic E-state index is 3.21. The number of rotatable bonds is 4. The molecule has 0 aromatic carbocycles. The highest BCUT2D eigenvalue weighted by Crippen LogP contribution is 2.22. The highest BCUT2D eigenvalue weighted by Gasteiger charge is 2.25. The highest BCUT2D eigenvalue weighted by molar-refractivity contribution is 4.81. The first-order chi connectivity index (χ1) is 5.75. The molecule has 0 amide bonds. The third-order valence-corrected chi connectivity index (χ3v) is 2.83. The molecule has 1 heterocycles. The van der Waals surface area contributed by atoms with Crippen LogP contribution >= 0.6 is 0 Å². The minimum absolute atomic E-state index is 0.823. The molecule has 0 saturated carbocycles. The summed E-state index contributed by atoms with van der Waals surface area (Å²) in [5.41, 5.74) is 0. The molecule has 2 heteroatoms. The molecule has 1 unspecified atom stereocenters. The van der Waals surface area contributed by atoms with Crippen LogP contribution in [0.15, 0.2) is 0 Å². The van der Waals surface area contributed by atoms with Crippen LogP contribution in [0.4, 0.5) is 0 Å². The molecule has 0 spiro atoms. The zero-order valence-corrected chi connectivity index (χ0v) is 8.64. The lowest BCUT2D eigenvalue weighted by molar-refractivity contribution is 0.208. The lowest BCUT2D eigenvalue weighted by atomic mass is 10.0. The number of likely N-dealkylation sites (tertiary alicyclic amines) is 1. The van der Waals surface area contributed by atoms with Crippen molar-refractivity contribution in [3.05, 3.63) is 0 Å². The van der Waals surface area contributed by atoms with Gasteiger partial charge < -0.3 is 5.32 Å². The molecule has 0 bridgehead atoms. The van der Waals surface area contributed by atoms with Crippen LogP contribution in [0.25, 0.3) is 0 Å². The Morgan fingerprint density at radius 3 is 2.83 bits per heavy atom. The molecular formula is C10H22N2. The molecule has 12 heavy (non-hydrogen) atoms.